The zero-order chi connectivity index (χ0) is 23.8. The second-order valence-electron chi connectivity index (χ2n) is 8.57. The van der Waals surface area contributed by atoms with Crippen LogP contribution in [0.15, 0.2) is 50.8 Å². The molecule has 0 amide bonds. The number of nitrogens with zero attached hydrogens (tertiary/aromatic N) is 3. The van der Waals surface area contributed by atoms with Crippen LogP contribution in [0.25, 0.3) is 33.1 Å². The van der Waals surface area contributed by atoms with Crippen LogP contribution in [0.3, 0.4) is 0 Å². The topological polar surface area (TPSA) is 76.8 Å². The fourth-order valence-corrected chi connectivity index (χ4v) is 5.53. The second kappa shape index (κ2) is 9.14. The Labute approximate surface area is 203 Å². The van der Waals surface area contributed by atoms with Crippen molar-refractivity contribution in [2.75, 3.05) is 7.11 Å². The minimum Gasteiger partial charge on any atom is -0.496 e. The van der Waals surface area contributed by atoms with Crippen LogP contribution in [0.2, 0.25) is 0 Å². The molecule has 1 N–H and O–H groups in total. The van der Waals surface area contributed by atoms with Gasteiger partial charge in [-0.15, -0.1) is 0 Å². The van der Waals surface area contributed by atoms with Gasteiger partial charge in [0.05, 0.1) is 23.8 Å². The van der Waals surface area contributed by atoms with E-state index >= 15 is 0 Å². The number of aromatic nitrogens is 4. The van der Waals surface area contributed by atoms with E-state index in [-0.39, 0.29) is 0 Å². The Morgan fingerprint density at radius 3 is 2.68 bits per heavy atom. The summed E-state index contributed by atoms with van der Waals surface area (Å²) in [6, 6.07) is 12.9. The fraction of sp³-hybridized carbons (Fsp3) is 0.296. The average molecular weight is 473 g/mol. The Hall–Kier alpha value is -3.32. The molecule has 0 saturated heterocycles. The lowest BCUT2D eigenvalue weighted by atomic mass is 10.0. The first-order valence-corrected chi connectivity index (χ1v) is 12.4. The predicted octanol–water partition coefficient (Wildman–Crippen LogP) is 7.19. The molecule has 0 spiro atoms. The van der Waals surface area contributed by atoms with E-state index in [1.165, 1.54) is 23.3 Å². The van der Waals surface area contributed by atoms with Crippen molar-refractivity contribution in [1.29, 1.82) is 0 Å². The van der Waals surface area contributed by atoms with Gasteiger partial charge in [-0.2, -0.15) is 0 Å². The zero-order valence-electron chi connectivity index (χ0n) is 20.2. The smallest absolute Gasteiger partial charge is 0.143 e. The molecule has 6 nitrogen and oxygen atoms in total. The van der Waals surface area contributed by atoms with Gasteiger partial charge in [-0.25, -0.2) is 9.97 Å². The van der Waals surface area contributed by atoms with E-state index in [4.69, 9.17) is 19.2 Å². The molecule has 0 radical (unpaired) electrons. The van der Waals surface area contributed by atoms with E-state index < -0.39 is 0 Å². The summed E-state index contributed by atoms with van der Waals surface area (Å²) >= 11 is 1.68. The summed E-state index contributed by atoms with van der Waals surface area (Å²) in [4.78, 5) is 14.2. The number of rotatable bonds is 7. The number of benzene rings is 2. The van der Waals surface area contributed by atoms with E-state index in [9.17, 15) is 0 Å². The first-order valence-electron chi connectivity index (χ1n) is 11.6. The van der Waals surface area contributed by atoms with Crippen molar-refractivity contribution in [2.24, 2.45) is 0 Å². The van der Waals surface area contributed by atoms with Gasteiger partial charge in [0.2, 0.25) is 0 Å². The molecule has 3 aromatic heterocycles. The molecule has 5 rings (SSSR count). The van der Waals surface area contributed by atoms with E-state index in [1.54, 1.807) is 18.9 Å². The lowest BCUT2D eigenvalue weighted by Crippen LogP contribution is -1.92. The van der Waals surface area contributed by atoms with E-state index in [2.05, 4.69) is 53.5 Å². The molecule has 0 bridgehead atoms. The van der Waals surface area contributed by atoms with E-state index in [0.29, 0.717) is 0 Å². The number of hydrogen-bond acceptors (Lipinski definition) is 6. The first-order chi connectivity index (χ1) is 16.5. The summed E-state index contributed by atoms with van der Waals surface area (Å²) in [5.74, 6) is 2.27. The molecule has 0 aliphatic heterocycles. The summed E-state index contributed by atoms with van der Waals surface area (Å²) in [6.07, 6.45) is 3.48. The van der Waals surface area contributed by atoms with Crippen molar-refractivity contribution in [3.63, 3.8) is 0 Å². The minimum absolute atomic E-state index is 0.738. The molecule has 0 atom stereocenters. The van der Waals surface area contributed by atoms with Crippen LogP contribution < -0.4 is 4.74 Å². The normalized spacial score (nSPS) is 11.6. The van der Waals surface area contributed by atoms with E-state index in [1.807, 2.05) is 20.8 Å². The maximum Gasteiger partial charge on any atom is 0.143 e. The highest BCUT2D eigenvalue weighted by atomic mass is 32.2. The maximum absolute atomic E-state index is 5.81. The lowest BCUT2D eigenvalue weighted by Gasteiger charge is -2.10. The summed E-state index contributed by atoms with van der Waals surface area (Å²) < 4.78 is 11.2. The van der Waals surface area contributed by atoms with Crippen LogP contribution in [0, 0.1) is 20.8 Å². The highest BCUT2D eigenvalue weighted by Gasteiger charge is 2.20. The van der Waals surface area contributed by atoms with Gasteiger partial charge in [0.1, 0.15) is 28.0 Å². The number of ether oxygens (including phenoxy) is 1. The number of aryl methyl sites for hydroxylation is 4. The molecular weight excluding hydrogens is 444 g/mol. The maximum atomic E-state index is 5.81. The number of nitrogens with one attached hydrogen (secondary N) is 1. The van der Waals surface area contributed by atoms with Crippen molar-refractivity contribution in [3.05, 3.63) is 59.2 Å². The molecular formula is C27H28N4O2S. The zero-order valence-corrected chi connectivity index (χ0v) is 21.0. The number of fused-ring (bicyclic) bond motifs is 3. The molecule has 2 aromatic carbocycles. The molecule has 0 aliphatic carbocycles. The summed E-state index contributed by atoms with van der Waals surface area (Å²) in [7, 11) is 1.69. The van der Waals surface area contributed by atoms with Gasteiger partial charge in [0.15, 0.2) is 0 Å². The Morgan fingerprint density at radius 2 is 1.94 bits per heavy atom. The third-order valence-corrected chi connectivity index (χ3v) is 7.06. The van der Waals surface area contributed by atoms with Crippen LogP contribution in [0.5, 0.6) is 5.75 Å². The molecule has 0 fully saturated rings. The highest BCUT2D eigenvalue weighted by molar-refractivity contribution is 7.99. The number of unbranched alkanes of at least 4 members (excludes halogenated alkanes) is 1. The van der Waals surface area contributed by atoms with Crippen molar-refractivity contribution >= 4 is 33.7 Å². The van der Waals surface area contributed by atoms with Gasteiger partial charge >= 0.3 is 0 Å². The monoisotopic (exact) mass is 472 g/mol. The van der Waals surface area contributed by atoms with Crippen molar-refractivity contribution in [3.8, 4) is 16.9 Å². The molecule has 3 heterocycles. The average Bonchev–Trinajstić information content (AvgIpc) is 3.35. The van der Waals surface area contributed by atoms with Crippen LogP contribution in [-0.2, 0) is 6.42 Å². The first kappa shape index (κ1) is 22.5. The molecule has 34 heavy (non-hydrogen) atoms. The molecule has 0 unspecified atom stereocenters. The summed E-state index contributed by atoms with van der Waals surface area (Å²) in [6.45, 7) is 8.02. The highest BCUT2D eigenvalue weighted by Crippen LogP contribution is 2.42. The molecule has 7 heteroatoms. The van der Waals surface area contributed by atoms with Crippen LogP contribution in [0.4, 0.5) is 0 Å². The SMILES string of the molecule is CCCCc1cccc(Sc2nc(C)nc3[nH]c4cc(-c5c(C)noc5C)c(OC)cc4c23)c1. The van der Waals surface area contributed by atoms with Crippen LogP contribution >= 0.6 is 11.8 Å². The number of hydrogen-bond donors (Lipinski definition) is 1. The predicted molar refractivity (Wildman–Crippen MR) is 137 cm³/mol. The van der Waals surface area contributed by atoms with Gasteiger partial charge in [-0.3, -0.25) is 0 Å². The Kier molecular flexibility index (Phi) is 6.04. The second-order valence-corrected chi connectivity index (χ2v) is 9.64. The van der Waals surface area contributed by atoms with Gasteiger partial charge in [-0.05, 0) is 63.4 Å². The van der Waals surface area contributed by atoms with Crippen molar-refractivity contribution < 1.29 is 9.26 Å². The Morgan fingerprint density at radius 1 is 1.09 bits per heavy atom. The van der Waals surface area contributed by atoms with Crippen molar-refractivity contribution in [1.82, 2.24) is 20.1 Å². The molecule has 5 aromatic rings. The van der Waals surface area contributed by atoms with E-state index in [0.717, 1.165) is 67.5 Å². The summed E-state index contributed by atoms with van der Waals surface area (Å²) in [5, 5.41) is 7.10. The van der Waals surface area contributed by atoms with Crippen molar-refractivity contribution in [2.45, 2.75) is 56.9 Å². The molecule has 174 valence electrons. The van der Waals surface area contributed by atoms with Gasteiger partial charge in [0, 0.05) is 21.4 Å². The summed E-state index contributed by atoms with van der Waals surface area (Å²) in [5.41, 5.74) is 5.90. The quantitative estimate of drug-likeness (QED) is 0.253. The Balaban J connectivity index is 1.66. The third kappa shape index (κ3) is 4.05. The number of H-pyrrole nitrogens is 1. The van der Waals surface area contributed by atoms with Gasteiger partial charge < -0.3 is 14.2 Å². The minimum atomic E-state index is 0.738. The fourth-order valence-electron chi connectivity index (χ4n) is 4.46. The lowest BCUT2D eigenvalue weighted by molar-refractivity contribution is 0.393. The number of aromatic amines is 1. The number of methoxy groups -OCH3 is 1. The van der Waals surface area contributed by atoms with Crippen LogP contribution in [-0.4, -0.2) is 27.2 Å². The van der Waals surface area contributed by atoms with Gasteiger partial charge in [-0.1, -0.05) is 42.4 Å². The standard InChI is InChI=1S/C27H28N4O2S/c1-6-7-9-18-10-8-11-19(12-18)34-27-25-20-14-23(32-5)21(24-15(2)31-33-16(24)3)13-22(20)30-26(25)28-17(4)29-27/h8,10-14H,6-7,9H2,1-5H3,(H,28,29,30). The molecule has 0 saturated carbocycles. The molecule has 0 aliphatic rings. The third-order valence-electron chi connectivity index (χ3n) is 6.08. The largest absolute Gasteiger partial charge is 0.496 e. The van der Waals surface area contributed by atoms with Crippen LogP contribution in [0.1, 0.15) is 42.6 Å². The Bertz CT molecular complexity index is 1480. The van der Waals surface area contributed by atoms with Gasteiger partial charge in [0.25, 0.3) is 0 Å².